The summed E-state index contributed by atoms with van der Waals surface area (Å²) in [6.07, 6.45) is 0. The summed E-state index contributed by atoms with van der Waals surface area (Å²) in [5.41, 5.74) is 14.6. The Morgan fingerprint density at radius 2 is 0.768 bits per heavy atom. The molecule has 9 aromatic carbocycles. The average Bonchev–Trinajstić information content (AvgIpc) is 3.72. The van der Waals surface area contributed by atoms with Gasteiger partial charge in [-0.2, -0.15) is 0 Å². The van der Waals surface area contributed by atoms with Crippen molar-refractivity contribution in [3.05, 3.63) is 224 Å². The van der Waals surface area contributed by atoms with Crippen molar-refractivity contribution in [2.45, 2.75) is 0 Å². The summed E-state index contributed by atoms with van der Waals surface area (Å²) >= 11 is 0. The summed E-state index contributed by atoms with van der Waals surface area (Å²) in [7, 11) is 0. The van der Waals surface area contributed by atoms with Crippen LogP contribution in [0, 0.1) is 0 Å². The maximum Gasteiger partial charge on any atom is 0.137 e. The first-order chi connectivity index (χ1) is 27.8. The van der Waals surface area contributed by atoms with Crippen molar-refractivity contribution in [2.75, 3.05) is 4.90 Å². The molecule has 0 amide bonds. The van der Waals surface area contributed by atoms with Crippen LogP contribution in [0.2, 0.25) is 0 Å². The summed E-state index contributed by atoms with van der Waals surface area (Å²) in [6, 6.07) is 80.0. The van der Waals surface area contributed by atoms with Gasteiger partial charge < -0.3 is 9.32 Å². The molecule has 56 heavy (non-hydrogen) atoms. The molecule has 1 aromatic heterocycles. The van der Waals surface area contributed by atoms with E-state index in [9.17, 15) is 0 Å². The predicted octanol–water partition coefficient (Wildman–Crippen LogP) is 15.4. The maximum atomic E-state index is 6.48. The fraction of sp³-hybridized carbons (Fsp3) is 0. The molecule has 10 aromatic rings. The molecule has 0 atom stereocenters. The largest absolute Gasteiger partial charge is 0.456 e. The minimum atomic E-state index is 0.835. The van der Waals surface area contributed by atoms with Gasteiger partial charge in [-0.05, 0) is 110 Å². The molecule has 264 valence electrons. The molecule has 0 bridgehead atoms. The van der Waals surface area contributed by atoms with Crippen molar-refractivity contribution in [1.82, 2.24) is 0 Å². The molecule has 0 spiro atoms. The Labute approximate surface area is 327 Å². The maximum absolute atomic E-state index is 6.48. The van der Waals surface area contributed by atoms with Gasteiger partial charge in [-0.25, -0.2) is 0 Å². The van der Waals surface area contributed by atoms with E-state index in [1.54, 1.807) is 0 Å². The lowest BCUT2D eigenvalue weighted by molar-refractivity contribution is 0.631. The third-order valence-electron chi connectivity index (χ3n) is 10.7. The zero-order valence-corrected chi connectivity index (χ0v) is 30.7. The molecule has 0 fully saturated rings. The Kier molecular flexibility index (Phi) is 8.55. The van der Waals surface area contributed by atoms with E-state index in [1.807, 2.05) is 12.1 Å². The molecule has 2 heteroatoms. The number of rotatable bonds is 8. The fourth-order valence-corrected chi connectivity index (χ4v) is 7.94. The lowest BCUT2D eigenvalue weighted by Gasteiger charge is -2.28. The Hall–Kier alpha value is -7.42. The van der Waals surface area contributed by atoms with Gasteiger partial charge >= 0.3 is 0 Å². The zero-order chi connectivity index (χ0) is 37.3. The Balaban J connectivity index is 1.08. The van der Waals surface area contributed by atoms with Gasteiger partial charge in [0.15, 0.2) is 0 Å². The molecule has 0 aliphatic heterocycles. The molecule has 0 aliphatic carbocycles. The molecule has 10 rings (SSSR count). The van der Waals surface area contributed by atoms with Gasteiger partial charge in [-0.3, -0.25) is 0 Å². The van der Waals surface area contributed by atoms with Crippen LogP contribution in [0.25, 0.3) is 77.6 Å². The number of anilines is 3. The van der Waals surface area contributed by atoms with Crippen molar-refractivity contribution in [1.29, 1.82) is 0 Å². The van der Waals surface area contributed by atoms with E-state index in [1.165, 1.54) is 49.7 Å². The van der Waals surface area contributed by atoms with Crippen molar-refractivity contribution in [3.8, 4) is 55.8 Å². The number of para-hydroxylation sites is 2. The fourth-order valence-electron chi connectivity index (χ4n) is 7.94. The molecular formula is C54H37NO. The van der Waals surface area contributed by atoms with Gasteiger partial charge in [-0.15, -0.1) is 0 Å². The summed E-state index contributed by atoms with van der Waals surface area (Å²) < 4.78 is 6.48. The number of hydrogen-bond donors (Lipinski definition) is 0. The first kappa shape index (κ1) is 33.2. The number of nitrogens with zero attached hydrogens (tertiary/aromatic N) is 1. The summed E-state index contributed by atoms with van der Waals surface area (Å²) in [5.74, 6) is 0.835. The normalized spacial score (nSPS) is 11.2. The van der Waals surface area contributed by atoms with Crippen molar-refractivity contribution >= 4 is 38.8 Å². The van der Waals surface area contributed by atoms with Gasteiger partial charge in [0.1, 0.15) is 11.3 Å². The highest BCUT2D eigenvalue weighted by molar-refractivity contribution is 5.94. The van der Waals surface area contributed by atoms with E-state index < -0.39 is 0 Å². The Morgan fingerprint density at radius 3 is 1.43 bits per heavy atom. The smallest absolute Gasteiger partial charge is 0.137 e. The monoisotopic (exact) mass is 715 g/mol. The van der Waals surface area contributed by atoms with Crippen LogP contribution >= 0.6 is 0 Å². The molecule has 0 N–H and O–H groups in total. The summed E-state index contributed by atoms with van der Waals surface area (Å²) in [5, 5.41) is 3.56. The second-order valence-electron chi connectivity index (χ2n) is 14.1. The first-order valence-corrected chi connectivity index (χ1v) is 19.1. The van der Waals surface area contributed by atoms with E-state index in [2.05, 4.69) is 217 Å². The van der Waals surface area contributed by atoms with Crippen LogP contribution in [-0.2, 0) is 0 Å². The van der Waals surface area contributed by atoms with Crippen LogP contribution in [0.15, 0.2) is 229 Å². The molecule has 2 nitrogen and oxygen atoms in total. The SMILES string of the molecule is c1ccc(-c2ccccc2-c2ccccc2-c2ccc(N(c3ccc(-c4ccc5ccccc5c4)cc3)c3ccccc3-c3cc4ccccc4o3)cc2)cc1. The van der Waals surface area contributed by atoms with E-state index in [4.69, 9.17) is 4.42 Å². The second kappa shape index (κ2) is 14.4. The van der Waals surface area contributed by atoms with Gasteiger partial charge in [-0.1, -0.05) is 170 Å². The molecular weight excluding hydrogens is 679 g/mol. The van der Waals surface area contributed by atoms with Crippen LogP contribution < -0.4 is 4.90 Å². The van der Waals surface area contributed by atoms with Crippen molar-refractivity contribution in [3.63, 3.8) is 0 Å². The number of furan rings is 1. The number of hydrogen-bond acceptors (Lipinski definition) is 2. The molecule has 0 unspecified atom stereocenters. The lowest BCUT2D eigenvalue weighted by atomic mass is 9.89. The Bertz CT molecular complexity index is 2930. The van der Waals surface area contributed by atoms with E-state index >= 15 is 0 Å². The van der Waals surface area contributed by atoms with E-state index in [0.717, 1.165) is 44.9 Å². The topological polar surface area (TPSA) is 16.4 Å². The van der Waals surface area contributed by atoms with E-state index in [-0.39, 0.29) is 0 Å². The Morgan fingerprint density at radius 1 is 0.286 bits per heavy atom. The molecule has 0 saturated carbocycles. The molecule has 0 radical (unpaired) electrons. The summed E-state index contributed by atoms with van der Waals surface area (Å²) in [6.45, 7) is 0. The minimum absolute atomic E-state index is 0.835. The third-order valence-corrected chi connectivity index (χ3v) is 10.7. The van der Waals surface area contributed by atoms with Gasteiger partial charge in [0.05, 0.1) is 5.69 Å². The van der Waals surface area contributed by atoms with Crippen molar-refractivity contribution in [2.24, 2.45) is 0 Å². The van der Waals surface area contributed by atoms with Crippen LogP contribution in [0.3, 0.4) is 0 Å². The highest BCUT2D eigenvalue weighted by Gasteiger charge is 2.20. The van der Waals surface area contributed by atoms with Gasteiger partial charge in [0, 0.05) is 22.3 Å². The van der Waals surface area contributed by atoms with Crippen LogP contribution in [0.1, 0.15) is 0 Å². The van der Waals surface area contributed by atoms with E-state index in [0.29, 0.717) is 0 Å². The molecule has 0 aliphatic rings. The number of benzene rings is 9. The highest BCUT2D eigenvalue weighted by Crippen LogP contribution is 2.44. The quantitative estimate of drug-likeness (QED) is 0.156. The zero-order valence-electron chi connectivity index (χ0n) is 30.7. The lowest BCUT2D eigenvalue weighted by Crippen LogP contribution is -2.11. The first-order valence-electron chi connectivity index (χ1n) is 19.1. The third kappa shape index (κ3) is 6.24. The molecule has 1 heterocycles. The standard InChI is InChI=1S/C54H37NO/c1-2-15-40(16-3-1)47-19-7-9-21-49(47)50-22-10-8-20-48(50)41-30-34-46(35-31-41)55(52-24-12-11-23-51(52)54-37-44-18-6-13-25-53(44)56-54)45-32-28-39(29-33-45)43-27-26-38-14-4-5-17-42(38)36-43/h1-37H. The van der Waals surface area contributed by atoms with Crippen molar-refractivity contribution < 1.29 is 4.42 Å². The predicted molar refractivity (Wildman–Crippen MR) is 236 cm³/mol. The van der Waals surface area contributed by atoms with Crippen LogP contribution in [0.5, 0.6) is 0 Å². The summed E-state index contributed by atoms with van der Waals surface area (Å²) in [4.78, 5) is 2.34. The highest BCUT2D eigenvalue weighted by atomic mass is 16.3. The van der Waals surface area contributed by atoms with Gasteiger partial charge in [0.2, 0.25) is 0 Å². The minimum Gasteiger partial charge on any atom is -0.456 e. The van der Waals surface area contributed by atoms with Gasteiger partial charge in [0.25, 0.3) is 0 Å². The average molecular weight is 716 g/mol. The second-order valence-corrected chi connectivity index (χ2v) is 14.1. The molecule has 0 saturated heterocycles. The number of fused-ring (bicyclic) bond motifs is 2. The van der Waals surface area contributed by atoms with Crippen LogP contribution in [0.4, 0.5) is 17.1 Å². The van der Waals surface area contributed by atoms with Crippen LogP contribution in [-0.4, -0.2) is 0 Å².